The summed E-state index contributed by atoms with van der Waals surface area (Å²) >= 11 is 0. The highest BCUT2D eigenvalue weighted by molar-refractivity contribution is 7.91. The van der Waals surface area contributed by atoms with Crippen LogP contribution in [0.15, 0.2) is 65.7 Å². The van der Waals surface area contributed by atoms with Gasteiger partial charge in [0.25, 0.3) is 0 Å². The summed E-state index contributed by atoms with van der Waals surface area (Å²) in [6, 6.07) is 16.0. The molecule has 0 aliphatic heterocycles. The third-order valence-corrected chi connectivity index (χ3v) is 6.93. The number of rotatable bonds is 7. The Hall–Kier alpha value is -2.93. The Morgan fingerprint density at radius 1 is 1.07 bits per heavy atom. The number of carbonyl (C=O) groups excluding carboxylic acids is 1. The Kier molecular flexibility index (Phi) is 5.24. The summed E-state index contributed by atoms with van der Waals surface area (Å²) in [5.74, 6) is 0.386. The van der Waals surface area contributed by atoms with E-state index in [4.69, 9.17) is 0 Å². The second-order valence-corrected chi connectivity index (χ2v) is 9.56. The molecule has 0 atom stereocenters. The van der Waals surface area contributed by atoms with Crippen molar-refractivity contribution in [3.63, 3.8) is 0 Å². The molecule has 4 rings (SSSR count). The molecule has 1 fully saturated rings. The summed E-state index contributed by atoms with van der Waals surface area (Å²) in [6.07, 6.45) is 3.93. The van der Waals surface area contributed by atoms with Crippen LogP contribution in [0.1, 0.15) is 24.1 Å². The van der Waals surface area contributed by atoms with Gasteiger partial charge in [-0.05, 0) is 73.7 Å². The first-order valence-corrected chi connectivity index (χ1v) is 11.3. The fraction of sp³-hybridized carbons (Fsp3) is 0.273. The topological polar surface area (TPSA) is 81.1 Å². The maximum atomic E-state index is 12.3. The van der Waals surface area contributed by atoms with Gasteiger partial charge in [-0.15, -0.1) is 0 Å². The summed E-state index contributed by atoms with van der Waals surface area (Å²) < 4.78 is 26.4. The van der Waals surface area contributed by atoms with Gasteiger partial charge in [-0.25, -0.2) is 13.1 Å². The molecule has 1 aliphatic rings. The van der Waals surface area contributed by atoms with E-state index in [1.807, 2.05) is 41.9 Å². The number of hydrogen-bond acceptors (Lipinski definition) is 4. The fourth-order valence-corrected chi connectivity index (χ4v) is 4.92. The largest absolute Gasteiger partial charge is 0.326 e. The number of benzene rings is 2. The van der Waals surface area contributed by atoms with Crippen LogP contribution in [-0.4, -0.2) is 29.9 Å². The molecule has 0 unspecified atom stereocenters. The minimum atomic E-state index is -3.22. The van der Waals surface area contributed by atoms with Crippen molar-refractivity contribution in [3.8, 4) is 5.69 Å². The van der Waals surface area contributed by atoms with Crippen molar-refractivity contribution in [2.24, 2.45) is 5.92 Å². The molecule has 150 valence electrons. The molecule has 1 amide bonds. The van der Waals surface area contributed by atoms with E-state index in [1.54, 1.807) is 30.5 Å². The van der Waals surface area contributed by atoms with Gasteiger partial charge >= 0.3 is 0 Å². The highest BCUT2D eigenvalue weighted by atomic mass is 32.2. The number of hydrogen-bond donors (Lipinski definition) is 1. The van der Waals surface area contributed by atoms with Crippen LogP contribution in [0.3, 0.4) is 0 Å². The SMILES string of the molecule is Cc1ccnn1-c1ccc(NC(=O)Cc2ccc(S(=O)(=O)CC3CC3)cc2)cc1. The number of amides is 1. The van der Waals surface area contributed by atoms with Gasteiger partial charge in [-0.3, -0.25) is 4.79 Å². The lowest BCUT2D eigenvalue weighted by Gasteiger charge is -2.09. The van der Waals surface area contributed by atoms with E-state index in [1.165, 1.54) is 0 Å². The van der Waals surface area contributed by atoms with Crippen LogP contribution in [0.4, 0.5) is 5.69 Å². The first-order valence-electron chi connectivity index (χ1n) is 9.63. The molecular weight excluding hydrogens is 386 g/mol. The summed E-state index contributed by atoms with van der Waals surface area (Å²) in [5.41, 5.74) is 3.43. The smallest absolute Gasteiger partial charge is 0.228 e. The minimum Gasteiger partial charge on any atom is -0.326 e. The summed E-state index contributed by atoms with van der Waals surface area (Å²) in [4.78, 5) is 12.7. The number of nitrogens with zero attached hydrogens (tertiary/aromatic N) is 2. The zero-order valence-electron chi connectivity index (χ0n) is 16.2. The number of carbonyl (C=O) groups is 1. The van der Waals surface area contributed by atoms with Crippen molar-refractivity contribution < 1.29 is 13.2 Å². The molecular formula is C22H23N3O3S. The van der Waals surface area contributed by atoms with Crippen molar-refractivity contribution in [2.45, 2.75) is 31.1 Å². The first kappa shape index (κ1) is 19.4. The molecule has 1 heterocycles. The molecule has 3 aromatic rings. The maximum absolute atomic E-state index is 12.3. The van der Waals surface area contributed by atoms with Gasteiger partial charge in [-0.2, -0.15) is 5.10 Å². The van der Waals surface area contributed by atoms with Crippen molar-refractivity contribution in [3.05, 3.63) is 72.1 Å². The molecule has 1 saturated carbocycles. The predicted octanol–water partition coefficient (Wildman–Crippen LogP) is 3.55. The standard InChI is InChI=1S/C22H23N3O3S/c1-16-12-13-23-25(16)20-8-6-19(7-9-20)24-22(26)14-17-4-10-21(11-5-17)29(27,28)15-18-2-3-18/h4-13,18H,2-3,14-15H2,1H3,(H,24,26). The number of anilines is 1. The Labute approximate surface area is 170 Å². The zero-order chi connectivity index (χ0) is 20.4. The molecule has 0 saturated heterocycles. The van der Waals surface area contributed by atoms with Crippen LogP contribution >= 0.6 is 0 Å². The van der Waals surface area contributed by atoms with Gasteiger partial charge in [0.15, 0.2) is 9.84 Å². The Bertz CT molecular complexity index is 1110. The lowest BCUT2D eigenvalue weighted by Crippen LogP contribution is -2.14. The number of aromatic nitrogens is 2. The van der Waals surface area contributed by atoms with E-state index >= 15 is 0 Å². The molecule has 6 nitrogen and oxygen atoms in total. The summed E-state index contributed by atoms with van der Waals surface area (Å²) in [6.45, 7) is 1.98. The Morgan fingerprint density at radius 3 is 2.34 bits per heavy atom. The van der Waals surface area contributed by atoms with Crippen molar-refractivity contribution in [1.82, 2.24) is 9.78 Å². The van der Waals surface area contributed by atoms with Gasteiger partial charge in [0, 0.05) is 17.6 Å². The highest BCUT2D eigenvalue weighted by Gasteiger charge is 2.28. The molecule has 1 aliphatic carbocycles. The number of aryl methyl sites for hydroxylation is 1. The zero-order valence-corrected chi connectivity index (χ0v) is 17.0. The van der Waals surface area contributed by atoms with E-state index in [0.29, 0.717) is 16.5 Å². The normalized spacial score (nSPS) is 14.0. The molecule has 7 heteroatoms. The second kappa shape index (κ2) is 7.83. The lowest BCUT2D eigenvalue weighted by molar-refractivity contribution is -0.115. The minimum absolute atomic E-state index is 0.151. The van der Waals surface area contributed by atoms with Crippen LogP contribution < -0.4 is 5.32 Å². The quantitative estimate of drug-likeness (QED) is 0.647. The van der Waals surface area contributed by atoms with E-state index in [-0.39, 0.29) is 18.1 Å². The van der Waals surface area contributed by atoms with Crippen LogP contribution in [0.5, 0.6) is 0 Å². The number of sulfone groups is 1. The van der Waals surface area contributed by atoms with Crippen LogP contribution in [0, 0.1) is 12.8 Å². The van der Waals surface area contributed by atoms with Crippen LogP contribution in [0.25, 0.3) is 5.69 Å². The average Bonchev–Trinajstić information content (AvgIpc) is 3.39. The molecule has 0 bridgehead atoms. The Morgan fingerprint density at radius 2 is 1.76 bits per heavy atom. The van der Waals surface area contributed by atoms with E-state index in [9.17, 15) is 13.2 Å². The second-order valence-electron chi connectivity index (χ2n) is 7.52. The molecule has 0 spiro atoms. The molecule has 2 aromatic carbocycles. The van der Waals surface area contributed by atoms with Crippen LogP contribution in [0.2, 0.25) is 0 Å². The Balaban J connectivity index is 1.36. The van der Waals surface area contributed by atoms with Gasteiger partial charge in [-0.1, -0.05) is 12.1 Å². The summed E-state index contributed by atoms with van der Waals surface area (Å²) in [5, 5.41) is 7.13. The predicted molar refractivity (Wildman–Crippen MR) is 112 cm³/mol. The molecule has 1 N–H and O–H groups in total. The monoisotopic (exact) mass is 409 g/mol. The molecule has 1 aromatic heterocycles. The lowest BCUT2D eigenvalue weighted by atomic mass is 10.1. The van der Waals surface area contributed by atoms with Crippen molar-refractivity contribution in [2.75, 3.05) is 11.1 Å². The van der Waals surface area contributed by atoms with E-state index < -0.39 is 9.84 Å². The van der Waals surface area contributed by atoms with Gasteiger partial charge in [0.1, 0.15) is 0 Å². The molecule has 0 radical (unpaired) electrons. The third-order valence-electron chi connectivity index (χ3n) is 5.03. The number of nitrogens with one attached hydrogen (secondary N) is 1. The maximum Gasteiger partial charge on any atom is 0.228 e. The van der Waals surface area contributed by atoms with Crippen molar-refractivity contribution in [1.29, 1.82) is 0 Å². The molecule has 29 heavy (non-hydrogen) atoms. The highest BCUT2D eigenvalue weighted by Crippen LogP contribution is 2.32. The first-order chi connectivity index (χ1) is 13.9. The summed E-state index contributed by atoms with van der Waals surface area (Å²) in [7, 11) is -3.22. The van der Waals surface area contributed by atoms with E-state index in [2.05, 4.69) is 10.4 Å². The average molecular weight is 410 g/mol. The van der Waals surface area contributed by atoms with Crippen LogP contribution in [-0.2, 0) is 21.1 Å². The fourth-order valence-electron chi connectivity index (χ4n) is 3.22. The van der Waals surface area contributed by atoms with Gasteiger partial charge < -0.3 is 5.32 Å². The van der Waals surface area contributed by atoms with Gasteiger partial charge in [0.05, 0.1) is 22.8 Å². The van der Waals surface area contributed by atoms with Crippen molar-refractivity contribution >= 4 is 21.4 Å². The van der Waals surface area contributed by atoms with Gasteiger partial charge in [0.2, 0.25) is 5.91 Å². The third kappa shape index (κ3) is 4.74. The van der Waals surface area contributed by atoms with E-state index in [0.717, 1.165) is 29.8 Å².